The van der Waals surface area contributed by atoms with E-state index in [0.29, 0.717) is 17.8 Å². The molecule has 0 spiro atoms. The summed E-state index contributed by atoms with van der Waals surface area (Å²) >= 11 is 5.73. The van der Waals surface area contributed by atoms with Crippen molar-refractivity contribution >= 4 is 25.1 Å². The SMILES string of the molecule is [B]C1CCCCC2C(=S)N(C(C)C)CCC2C1. The summed E-state index contributed by atoms with van der Waals surface area (Å²) in [6, 6.07) is 0.558. The van der Waals surface area contributed by atoms with Gasteiger partial charge in [-0.1, -0.05) is 43.7 Å². The van der Waals surface area contributed by atoms with Crippen molar-refractivity contribution in [1.29, 1.82) is 0 Å². The highest BCUT2D eigenvalue weighted by atomic mass is 32.1. The molecule has 2 rings (SSSR count). The Hall–Kier alpha value is -0.0451. The van der Waals surface area contributed by atoms with E-state index in [1.165, 1.54) is 43.5 Å². The van der Waals surface area contributed by atoms with Gasteiger partial charge in [0.25, 0.3) is 0 Å². The average molecular weight is 249 g/mol. The summed E-state index contributed by atoms with van der Waals surface area (Å²) in [6.45, 7) is 5.65. The van der Waals surface area contributed by atoms with Crippen molar-refractivity contribution in [2.75, 3.05) is 6.54 Å². The largest absolute Gasteiger partial charge is 0.363 e. The summed E-state index contributed by atoms with van der Waals surface area (Å²) in [5, 5.41) is 0. The maximum Gasteiger partial charge on any atom is 0.0815 e. The molecule has 1 aliphatic heterocycles. The number of hydrogen-bond donors (Lipinski definition) is 0. The zero-order valence-electron chi connectivity index (χ0n) is 11.2. The quantitative estimate of drug-likeness (QED) is 0.516. The van der Waals surface area contributed by atoms with Gasteiger partial charge in [-0.15, -0.1) is 0 Å². The second kappa shape index (κ2) is 5.73. The Morgan fingerprint density at radius 2 is 1.94 bits per heavy atom. The van der Waals surface area contributed by atoms with Crippen LogP contribution < -0.4 is 0 Å². The molecule has 0 aromatic rings. The van der Waals surface area contributed by atoms with Crippen LogP contribution in [0, 0.1) is 11.8 Å². The Balaban J connectivity index is 2.08. The molecule has 2 aliphatic rings. The zero-order chi connectivity index (χ0) is 12.4. The van der Waals surface area contributed by atoms with E-state index in [1.807, 2.05) is 0 Å². The molecule has 0 N–H and O–H groups in total. The van der Waals surface area contributed by atoms with Crippen LogP contribution in [-0.4, -0.2) is 30.3 Å². The van der Waals surface area contributed by atoms with Crippen molar-refractivity contribution in [2.45, 2.75) is 64.2 Å². The predicted octanol–water partition coefficient (Wildman–Crippen LogP) is 3.58. The fraction of sp³-hybridized carbons (Fsp3) is 0.929. The minimum absolute atomic E-state index is 0.413. The average Bonchev–Trinajstić information content (AvgIpc) is 2.23. The molecule has 3 atom stereocenters. The summed E-state index contributed by atoms with van der Waals surface area (Å²) in [5.41, 5.74) is 0. The fourth-order valence-corrected chi connectivity index (χ4v) is 4.07. The van der Waals surface area contributed by atoms with Crippen molar-refractivity contribution in [3.63, 3.8) is 0 Å². The van der Waals surface area contributed by atoms with Crippen molar-refractivity contribution in [2.24, 2.45) is 11.8 Å². The number of piperidine rings is 1. The molecular weight excluding hydrogens is 225 g/mol. The molecule has 0 amide bonds. The highest BCUT2D eigenvalue weighted by molar-refractivity contribution is 7.80. The molecule has 94 valence electrons. The summed E-state index contributed by atoms with van der Waals surface area (Å²) in [4.78, 5) is 3.66. The topological polar surface area (TPSA) is 3.24 Å². The summed E-state index contributed by atoms with van der Waals surface area (Å²) in [6.07, 6.45) is 7.58. The maximum atomic E-state index is 6.19. The lowest BCUT2D eigenvalue weighted by Gasteiger charge is -2.44. The molecule has 2 radical (unpaired) electrons. The second-order valence-electron chi connectivity index (χ2n) is 6.06. The molecule has 3 heteroatoms. The molecule has 1 saturated carbocycles. The van der Waals surface area contributed by atoms with Gasteiger partial charge in [0.2, 0.25) is 0 Å². The second-order valence-corrected chi connectivity index (χ2v) is 6.48. The van der Waals surface area contributed by atoms with Crippen molar-refractivity contribution in [3.05, 3.63) is 0 Å². The number of nitrogens with zero attached hydrogens (tertiary/aromatic N) is 1. The van der Waals surface area contributed by atoms with Gasteiger partial charge in [0, 0.05) is 18.5 Å². The number of hydrogen-bond acceptors (Lipinski definition) is 1. The molecule has 2 fully saturated rings. The first-order valence-corrected chi connectivity index (χ1v) is 7.56. The molecule has 0 aromatic heterocycles. The molecule has 1 aliphatic carbocycles. The van der Waals surface area contributed by atoms with Gasteiger partial charge in [-0.2, -0.15) is 0 Å². The first-order valence-electron chi connectivity index (χ1n) is 7.15. The Kier molecular flexibility index (Phi) is 4.51. The summed E-state index contributed by atoms with van der Waals surface area (Å²) in [7, 11) is 6.19. The summed E-state index contributed by atoms with van der Waals surface area (Å²) in [5.74, 6) is 1.80. The smallest absolute Gasteiger partial charge is 0.0815 e. The van der Waals surface area contributed by atoms with Crippen LogP contribution in [0.2, 0.25) is 5.82 Å². The van der Waals surface area contributed by atoms with Crippen LogP contribution in [-0.2, 0) is 0 Å². The lowest BCUT2D eigenvalue weighted by Crippen LogP contribution is -2.48. The summed E-state index contributed by atoms with van der Waals surface area (Å²) < 4.78 is 0. The number of rotatable bonds is 1. The molecule has 0 bridgehead atoms. The fourth-order valence-electron chi connectivity index (χ4n) is 3.46. The number of fused-ring (bicyclic) bond motifs is 1. The van der Waals surface area contributed by atoms with Gasteiger partial charge in [0.1, 0.15) is 0 Å². The van der Waals surface area contributed by atoms with Crippen LogP contribution in [0.1, 0.15) is 52.4 Å². The molecule has 0 aromatic carbocycles. The Bertz CT molecular complexity index is 279. The Morgan fingerprint density at radius 3 is 2.65 bits per heavy atom. The normalized spacial score (nSPS) is 35.4. The third-order valence-electron chi connectivity index (χ3n) is 4.48. The van der Waals surface area contributed by atoms with Crippen LogP contribution in [0.4, 0.5) is 0 Å². The van der Waals surface area contributed by atoms with Crippen LogP contribution in [0.3, 0.4) is 0 Å². The highest BCUT2D eigenvalue weighted by Gasteiger charge is 2.35. The first-order chi connectivity index (χ1) is 8.09. The molecule has 1 heterocycles. The van der Waals surface area contributed by atoms with Crippen molar-refractivity contribution < 1.29 is 0 Å². The van der Waals surface area contributed by atoms with E-state index in [0.717, 1.165) is 12.5 Å². The van der Waals surface area contributed by atoms with Crippen molar-refractivity contribution in [3.8, 4) is 0 Å². The van der Waals surface area contributed by atoms with Gasteiger partial charge in [0.05, 0.1) is 12.8 Å². The monoisotopic (exact) mass is 249 g/mol. The van der Waals surface area contributed by atoms with E-state index in [9.17, 15) is 0 Å². The molecule has 17 heavy (non-hydrogen) atoms. The maximum absolute atomic E-state index is 6.19. The van der Waals surface area contributed by atoms with Gasteiger partial charge in [-0.25, -0.2) is 0 Å². The van der Waals surface area contributed by atoms with Crippen molar-refractivity contribution in [1.82, 2.24) is 4.90 Å². The Morgan fingerprint density at radius 1 is 1.24 bits per heavy atom. The minimum atomic E-state index is 0.413. The van der Waals surface area contributed by atoms with E-state index in [1.54, 1.807) is 0 Å². The van der Waals surface area contributed by atoms with Gasteiger partial charge in [0.15, 0.2) is 0 Å². The van der Waals surface area contributed by atoms with E-state index in [4.69, 9.17) is 20.1 Å². The highest BCUT2D eigenvalue weighted by Crippen LogP contribution is 2.39. The van der Waals surface area contributed by atoms with Crippen LogP contribution in [0.15, 0.2) is 0 Å². The number of thiocarbonyl (C=S) groups is 1. The van der Waals surface area contributed by atoms with Crippen LogP contribution in [0.5, 0.6) is 0 Å². The van der Waals surface area contributed by atoms with Gasteiger partial charge < -0.3 is 4.90 Å². The third kappa shape index (κ3) is 3.04. The third-order valence-corrected chi connectivity index (χ3v) is 5.02. The molecule has 3 unspecified atom stereocenters. The predicted molar refractivity (Wildman–Crippen MR) is 78.6 cm³/mol. The first kappa shape index (κ1) is 13.4. The molecular formula is C14H24BNS. The van der Waals surface area contributed by atoms with E-state index < -0.39 is 0 Å². The van der Waals surface area contributed by atoms with E-state index in [2.05, 4.69) is 18.7 Å². The lowest BCUT2D eigenvalue weighted by atomic mass is 9.68. The van der Waals surface area contributed by atoms with E-state index >= 15 is 0 Å². The van der Waals surface area contributed by atoms with Gasteiger partial charge >= 0.3 is 0 Å². The number of likely N-dealkylation sites (tertiary alicyclic amines) is 1. The molecule has 1 nitrogen and oxygen atoms in total. The lowest BCUT2D eigenvalue weighted by molar-refractivity contribution is 0.203. The van der Waals surface area contributed by atoms with Crippen LogP contribution in [0.25, 0.3) is 0 Å². The minimum Gasteiger partial charge on any atom is -0.363 e. The molecule has 1 saturated heterocycles. The Labute approximate surface area is 113 Å². The standard InChI is InChI=1S/C14H24BNS/c1-10(2)16-8-7-11-9-12(15)5-3-4-6-13(11)14(16)17/h10-13H,3-9H2,1-2H3. The zero-order valence-corrected chi connectivity index (χ0v) is 12.0. The van der Waals surface area contributed by atoms with Gasteiger partial charge in [-0.05, 0) is 32.6 Å². The van der Waals surface area contributed by atoms with Crippen LogP contribution >= 0.6 is 12.2 Å². The van der Waals surface area contributed by atoms with Gasteiger partial charge in [-0.3, -0.25) is 0 Å². The van der Waals surface area contributed by atoms with E-state index in [-0.39, 0.29) is 0 Å².